The lowest BCUT2D eigenvalue weighted by molar-refractivity contribution is -0.130. The predicted octanol–water partition coefficient (Wildman–Crippen LogP) is 4.20. The lowest BCUT2D eigenvalue weighted by atomic mass is 10.1. The summed E-state index contributed by atoms with van der Waals surface area (Å²) in [5.41, 5.74) is 0.432. The van der Waals surface area contributed by atoms with Gasteiger partial charge in [0.25, 0.3) is 0 Å². The molecule has 0 radical (unpaired) electrons. The summed E-state index contributed by atoms with van der Waals surface area (Å²) in [5, 5.41) is 9.81. The molecular weight excluding hydrogens is 292 g/mol. The maximum Gasteiger partial charge on any atom is 0.339 e. The maximum atomic E-state index is 11.3. The molecule has 2 rings (SSSR count). The number of carboxylic acids is 1. The van der Waals surface area contributed by atoms with E-state index in [4.69, 9.17) is 21.1 Å². The first-order chi connectivity index (χ1) is 10.1. The Morgan fingerprint density at radius 3 is 2.62 bits per heavy atom. The second kappa shape index (κ2) is 6.81. The molecule has 108 valence electrons. The number of hydrogen-bond acceptors (Lipinski definition) is 3. The van der Waals surface area contributed by atoms with Gasteiger partial charge < -0.3 is 14.6 Å². The molecule has 0 aromatic heterocycles. The summed E-state index contributed by atoms with van der Waals surface area (Å²) in [7, 11) is 1.39. The van der Waals surface area contributed by atoms with Gasteiger partial charge in [-0.2, -0.15) is 0 Å². The number of benzene rings is 2. The van der Waals surface area contributed by atoms with Gasteiger partial charge >= 0.3 is 5.97 Å². The van der Waals surface area contributed by atoms with Crippen LogP contribution in [0.5, 0.6) is 11.5 Å². The summed E-state index contributed by atoms with van der Waals surface area (Å²) in [6.07, 6.45) is 1.17. The Morgan fingerprint density at radius 1 is 1.19 bits per heavy atom. The highest BCUT2D eigenvalue weighted by Gasteiger charge is 2.16. The number of para-hydroxylation sites is 1. The number of hydrogen-bond donors (Lipinski definition) is 1. The van der Waals surface area contributed by atoms with Crippen LogP contribution in [0, 0.1) is 0 Å². The second-order valence-electron chi connectivity index (χ2n) is 4.13. The monoisotopic (exact) mass is 304 g/mol. The smallest absolute Gasteiger partial charge is 0.339 e. The molecule has 4 nitrogen and oxygen atoms in total. The molecule has 0 heterocycles. The van der Waals surface area contributed by atoms with Gasteiger partial charge in [-0.15, -0.1) is 0 Å². The van der Waals surface area contributed by atoms with E-state index in [1.54, 1.807) is 48.5 Å². The summed E-state index contributed by atoms with van der Waals surface area (Å²) >= 11 is 5.91. The van der Waals surface area contributed by atoms with Crippen LogP contribution >= 0.6 is 11.6 Å². The molecule has 0 amide bonds. The van der Waals surface area contributed by atoms with Crippen molar-refractivity contribution >= 4 is 23.1 Å². The molecule has 0 spiro atoms. The van der Waals surface area contributed by atoms with Gasteiger partial charge in [0.05, 0.1) is 13.4 Å². The Hall–Kier alpha value is -2.46. The number of rotatable bonds is 5. The van der Waals surface area contributed by atoms with Crippen molar-refractivity contribution in [3.05, 3.63) is 65.4 Å². The van der Waals surface area contributed by atoms with E-state index in [1.165, 1.54) is 13.4 Å². The Morgan fingerprint density at radius 2 is 1.95 bits per heavy atom. The van der Waals surface area contributed by atoms with Crippen LogP contribution in [0.2, 0.25) is 5.02 Å². The normalized spacial score (nSPS) is 11.0. The van der Waals surface area contributed by atoms with Crippen molar-refractivity contribution in [1.29, 1.82) is 0 Å². The van der Waals surface area contributed by atoms with Crippen LogP contribution in [-0.2, 0) is 9.53 Å². The standard InChI is InChI=1S/C16H13ClO4/c1-20-10-14(16(18)19)13-7-2-3-8-15(13)21-12-6-4-5-11(17)9-12/h2-10H,1H3,(H,18,19). The summed E-state index contributed by atoms with van der Waals surface area (Å²) < 4.78 is 10.5. The fourth-order valence-corrected chi connectivity index (χ4v) is 1.96. The molecule has 5 heteroatoms. The topological polar surface area (TPSA) is 55.8 Å². The van der Waals surface area contributed by atoms with Crippen molar-refractivity contribution in [3.63, 3.8) is 0 Å². The number of carboxylic acid groups (broad SMARTS) is 1. The largest absolute Gasteiger partial charge is 0.503 e. The van der Waals surface area contributed by atoms with Gasteiger partial charge in [0, 0.05) is 10.6 Å². The SMILES string of the molecule is COC=C(C(=O)O)c1ccccc1Oc1cccc(Cl)c1. The number of carbonyl (C=O) groups is 1. The minimum absolute atomic E-state index is 0.00938. The zero-order valence-electron chi connectivity index (χ0n) is 11.2. The molecule has 0 aliphatic carbocycles. The molecule has 0 aliphatic rings. The van der Waals surface area contributed by atoms with Crippen LogP contribution in [0.15, 0.2) is 54.8 Å². The highest BCUT2D eigenvalue weighted by Crippen LogP contribution is 2.31. The minimum Gasteiger partial charge on any atom is -0.503 e. The number of ether oxygens (including phenoxy) is 2. The third kappa shape index (κ3) is 3.77. The molecule has 21 heavy (non-hydrogen) atoms. The summed E-state index contributed by atoms with van der Waals surface area (Å²) in [6.45, 7) is 0. The van der Waals surface area contributed by atoms with Crippen LogP contribution in [0.25, 0.3) is 5.57 Å². The third-order valence-corrected chi connectivity index (χ3v) is 2.90. The molecule has 0 unspecified atom stereocenters. The maximum absolute atomic E-state index is 11.3. The van der Waals surface area contributed by atoms with Crippen molar-refractivity contribution in [2.24, 2.45) is 0 Å². The van der Waals surface area contributed by atoms with Crippen molar-refractivity contribution in [3.8, 4) is 11.5 Å². The van der Waals surface area contributed by atoms with Crippen LogP contribution < -0.4 is 4.74 Å². The van der Waals surface area contributed by atoms with Crippen LogP contribution in [0.1, 0.15) is 5.56 Å². The highest BCUT2D eigenvalue weighted by molar-refractivity contribution is 6.30. The fraction of sp³-hybridized carbons (Fsp3) is 0.0625. The third-order valence-electron chi connectivity index (χ3n) is 2.67. The Labute approximate surface area is 127 Å². The molecule has 0 fully saturated rings. The van der Waals surface area contributed by atoms with E-state index in [-0.39, 0.29) is 5.57 Å². The van der Waals surface area contributed by atoms with Gasteiger partial charge in [-0.1, -0.05) is 35.9 Å². The van der Waals surface area contributed by atoms with Crippen molar-refractivity contribution < 1.29 is 19.4 Å². The van der Waals surface area contributed by atoms with E-state index < -0.39 is 5.97 Å². The van der Waals surface area contributed by atoms with Crippen molar-refractivity contribution in [2.45, 2.75) is 0 Å². The lowest BCUT2D eigenvalue weighted by Crippen LogP contribution is -2.02. The van der Waals surface area contributed by atoms with E-state index in [0.717, 1.165) is 0 Å². The molecule has 0 saturated heterocycles. The average Bonchev–Trinajstić information content (AvgIpc) is 2.45. The van der Waals surface area contributed by atoms with Crippen LogP contribution in [0.3, 0.4) is 0 Å². The number of aliphatic carboxylic acids is 1. The van der Waals surface area contributed by atoms with Gasteiger partial charge in [-0.3, -0.25) is 0 Å². The van der Waals surface area contributed by atoms with Gasteiger partial charge in [0.15, 0.2) is 0 Å². The first kappa shape index (κ1) is 14.9. The van der Waals surface area contributed by atoms with Crippen molar-refractivity contribution in [1.82, 2.24) is 0 Å². The fourth-order valence-electron chi connectivity index (χ4n) is 1.78. The van der Waals surface area contributed by atoms with E-state index >= 15 is 0 Å². The Bertz CT molecular complexity index is 679. The van der Waals surface area contributed by atoms with Crippen LogP contribution in [0.4, 0.5) is 0 Å². The summed E-state index contributed by atoms with van der Waals surface area (Å²) in [6, 6.07) is 13.7. The molecule has 1 N–H and O–H groups in total. The van der Waals surface area contributed by atoms with Gasteiger partial charge in [0.1, 0.15) is 17.1 Å². The molecule has 2 aromatic rings. The Balaban J connectivity index is 2.41. The molecule has 0 atom stereocenters. The first-order valence-electron chi connectivity index (χ1n) is 6.11. The quantitative estimate of drug-likeness (QED) is 0.664. The van der Waals surface area contributed by atoms with E-state index in [0.29, 0.717) is 22.1 Å². The highest BCUT2D eigenvalue weighted by atomic mass is 35.5. The van der Waals surface area contributed by atoms with Gasteiger partial charge in [-0.25, -0.2) is 4.79 Å². The van der Waals surface area contributed by atoms with Gasteiger partial charge in [0.2, 0.25) is 0 Å². The first-order valence-corrected chi connectivity index (χ1v) is 6.48. The molecular formula is C16H13ClO4. The minimum atomic E-state index is -1.10. The van der Waals surface area contributed by atoms with Crippen LogP contribution in [-0.4, -0.2) is 18.2 Å². The second-order valence-corrected chi connectivity index (χ2v) is 4.56. The zero-order chi connectivity index (χ0) is 15.2. The Kier molecular flexibility index (Phi) is 4.85. The van der Waals surface area contributed by atoms with E-state index in [9.17, 15) is 9.90 Å². The van der Waals surface area contributed by atoms with Crippen molar-refractivity contribution in [2.75, 3.05) is 7.11 Å². The molecule has 2 aromatic carbocycles. The molecule has 0 saturated carbocycles. The number of methoxy groups -OCH3 is 1. The van der Waals surface area contributed by atoms with E-state index in [1.807, 2.05) is 0 Å². The summed E-state index contributed by atoms with van der Waals surface area (Å²) in [4.78, 5) is 11.3. The zero-order valence-corrected chi connectivity index (χ0v) is 12.0. The molecule has 0 bridgehead atoms. The average molecular weight is 305 g/mol. The van der Waals surface area contributed by atoms with Gasteiger partial charge in [-0.05, 0) is 24.3 Å². The lowest BCUT2D eigenvalue weighted by Gasteiger charge is -2.11. The number of halogens is 1. The van der Waals surface area contributed by atoms with E-state index in [2.05, 4.69) is 0 Å². The molecule has 0 aliphatic heterocycles. The predicted molar refractivity (Wildman–Crippen MR) is 80.6 cm³/mol. The summed E-state index contributed by atoms with van der Waals surface area (Å²) in [5.74, 6) is -0.165.